The van der Waals surface area contributed by atoms with Crippen molar-refractivity contribution < 1.29 is 9.32 Å². The van der Waals surface area contributed by atoms with Crippen LogP contribution in [0.4, 0.5) is 11.4 Å². The van der Waals surface area contributed by atoms with E-state index in [1.165, 1.54) is 12.5 Å². The smallest absolute Gasteiger partial charge is 0.256 e. The van der Waals surface area contributed by atoms with Crippen LogP contribution in [0.25, 0.3) is 0 Å². The van der Waals surface area contributed by atoms with Crippen LogP contribution in [0.3, 0.4) is 0 Å². The van der Waals surface area contributed by atoms with E-state index < -0.39 is 0 Å². The van der Waals surface area contributed by atoms with E-state index in [0.29, 0.717) is 11.3 Å². The summed E-state index contributed by atoms with van der Waals surface area (Å²) in [5.41, 5.74) is 3.15. The fourth-order valence-electron chi connectivity index (χ4n) is 1.76. The van der Waals surface area contributed by atoms with Gasteiger partial charge >= 0.3 is 0 Å². The minimum Gasteiger partial charge on any atom is -0.385 e. The van der Waals surface area contributed by atoms with E-state index in [1.54, 1.807) is 0 Å². The van der Waals surface area contributed by atoms with E-state index in [9.17, 15) is 4.79 Å². The number of anilines is 2. The Balaban J connectivity index is 2.09. The minimum absolute atomic E-state index is 0.164. The first-order valence-corrected chi connectivity index (χ1v) is 6.26. The second kappa shape index (κ2) is 6.04. The van der Waals surface area contributed by atoms with Gasteiger partial charge in [0.05, 0.1) is 6.20 Å². The van der Waals surface area contributed by atoms with Gasteiger partial charge in [-0.1, -0.05) is 12.1 Å². The molecule has 1 aromatic carbocycles. The van der Waals surface area contributed by atoms with Crippen molar-refractivity contribution in [2.75, 3.05) is 17.2 Å². The summed E-state index contributed by atoms with van der Waals surface area (Å²) in [5.74, 6) is -0.164. The topological polar surface area (TPSA) is 67.2 Å². The fraction of sp³-hybridized carbons (Fsp3) is 0.286. The van der Waals surface area contributed by atoms with E-state index in [4.69, 9.17) is 0 Å². The number of carbonyl (C=O) groups is 1. The van der Waals surface area contributed by atoms with Gasteiger partial charge in [-0.05, 0) is 37.1 Å². The quantitative estimate of drug-likeness (QED) is 0.866. The van der Waals surface area contributed by atoms with Crippen LogP contribution < -0.4 is 10.6 Å². The Bertz CT molecular complexity index is 550. The van der Waals surface area contributed by atoms with Crippen LogP contribution in [-0.4, -0.2) is 17.6 Å². The molecular formula is C14H17N3O2. The molecule has 1 heterocycles. The lowest BCUT2D eigenvalue weighted by molar-refractivity contribution is 0.102. The first kappa shape index (κ1) is 13.1. The van der Waals surface area contributed by atoms with Crippen molar-refractivity contribution >= 4 is 17.3 Å². The maximum Gasteiger partial charge on any atom is 0.256 e. The molecule has 0 aliphatic rings. The molecule has 5 heteroatoms. The van der Waals surface area contributed by atoms with Gasteiger partial charge in [0.15, 0.2) is 0 Å². The van der Waals surface area contributed by atoms with Crippen LogP contribution >= 0.6 is 0 Å². The molecule has 0 saturated carbocycles. The van der Waals surface area contributed by atoms with Crippen molar-refractivity contribution in [2.45, 2.75) is 20.3 Å². The monoisotopic (exact) mass is 259 g/mol. The summed E-state index contributed by atoms with van der Waals surface area (Å²) < 4.78 is 4.67. The molecule has 0 radical (unpaired) electrons. The molecular weight excluding hydrogens is 242 g/mol. The predicted octanol–water partition coefficient (Wildman–Crippen LogP) is 3.06. The number of amides is 1. The van der Waals surface area contributed by atoms with Crippen molar-refractivity contribution in [1.82, 2.24) is 5.16 Å². The molecule has 2 aromatic rings. The first-order chi connectivity index (χ1) is 9.20. The number of hydrogen-bond acceptors (Lipinski definition) is 4. The standard InChI is InChI=1S/C14H17N3O2/c1-3-6-15-11-4-5-13(10(2)7-11)14(18)17-12-8-16-19-9-12/h4-5,7-9,15H,3,6H2,1-2H3,(H,17,18). The summed E-state index contributed by atoms with van der Waals surface area (Å²) in [6.45, 7) is 4.95. The number of aromatic nitrogens is 1. The summed E-state index contributed by atoms with van der Waals surface area (Å²) in [7, 11) is 0. The van der Waals surface area contributed by atoms with Crippen molar-refractivity contribution in [3.05, 3.63) is 41.8 Å². The SMILES string of the molecule is CCCNc1ccc(C(=O)Nc2cnoc2)c(C)c1. The van der Waals surface area contributed by atoms with E-state index in [0.717, 1.165) is 24.2 Å². The van der Waals surface area contributed by atoms with E-state index >= 15 is 0 Å². The molecule has 0 aliphatic carbocycles. The molecule has 0 aliphatic heterocycles. The zero-order valence-corrected chi connectivity index (χ0v) is 11.1. The van der Waals surface area contributed by atoms with Gasteiger partial charge in [0.2, 0.25) is 0 Å². The molecule has 1 aromatic heterocycles. The third-order valence-corrected chi connectivity index (χ3v) is 2.74. The van der Waals surface area contributed by atoms with Crippen molar-refractivity contribution in [2.24, 2.45) is 0 Å². The number of nitrogens with one attached hydrogen (secondary N) is 2. The van der Waals surface area contributed by atoms with Gasteiger partial charge in [0.1, 0.15) is 12.0 Å². The van der Waals surface area contributed by atoms with Crippen molar-refractivity contribution in [1.29, 1.82) is 0 Å². The number of nitrogens with zero attached hydrogens (tertiary/aromatic N) is 1. The zero-order chi connectivity index (χ0) is 13.7. The van der Waals surface area contributed by atoms with E-state index in [2.05, 4.69) is 27.2 Å². The van der Waals surface area contributed by atoms with Crippen LogP contribution in [0.5, 0.6) is 0 Å². The van der Waals surface area contributed by atoms with E-state index in [-0.39, 0.29) is 5.91 Å². The molecule has 0 unspecified atom stereocenters. The minimum atomic E-state index is -0.164. The van der Waals surface area contributed by atoms with Gasteiger partial charge in [0, 0.05) is 17.8 Å². The molecule has 0 bridgehead atoms. The summed E-state index contributed by atoms with van der Waals surface area (Å²) >= 11 is 0. The molecule has 0 fully saturated rings. The molecule has 0 atom stereocenters. The van der Waals surface area contributed by atoms with E-state index in [1.807, 2.05) is 25.1 Å². The lowest BCUT2D eigenvalue weighted by Gasteiger charge is -2.09. The van der Waals surface area contributed by atoms with Crippen LogP contribution in [-0.2, 0) is 0 Å². The highest BCUT2D eigenvalue weighted by atomic mass is 16.5. The Morgan fingerprint density at radius 2 is 2.21 bits per heavy atom. The molecule has 0 spiro atoms. The Hall–Kier alpha value is -2.30. The van der Waals surface area contributed by atoms with Gasteiger partial charge in [-0.25, -0.2) is 0 Å². The molecule has 2 N–H and O–H groups in total. The molecule has 5 nitrogen and oxygen atoms in total. The van der Waals surface area contributed by atoms with Crippen LogP contribution in [0.15, 0.2) is 35.2 Å². The summed E-state index contributed by atoms with van der Waals surface area (Å²) in [6, 6.07) is 5.69. The van der Waals surface area contributed by atoms with Gasteiger partial charge in [-0.2, -0.15) is 0 Å². The molecule has 1 amide bonds. The molecule has 2 rings (SSSR count). The number of benzene rings is 1. The van der Waals surface area contributed by atoms with Gasteiger partial charge in [0.25, 0.3) is 5.91 Å². The van der Waals surface area contributed by atoms with Crippen LogP contribution in [0.2, 0.25) is 0 Å². The highest BCUT2D eigenvalue weighted by Crippen LogP contribution is 2.17. The number of carbonyl (C=O) groups excluding carboxylic acids is 1. The van der Waals surface area contributed by atoms with Crippen molar-refractivity contribution in [3.63, 3.8) is 0 Å². The maximum atomic E-state index is 12.1. The largest absolute Gasteiger partial charge is 0.385 e. The normalized spacial score (nSPS) is 10.2. The lowest BCUT2D eigenvalue weighted by Crippen LogP contribution is -2.13. The Labute approximate surface area is 112 Å². The predicted molar refractivity (Wildman–Crippen MR) is 74.4 cm³/mol. The summed E-state index contributed by atoms with van der Waals surface area (Å²) in [4.78, 5) is 12.1. The molecule has 19 heavy (non-hydrogen) atoms. The number of rotatable bonds is 5. The average molecular weight is 259 g/mol. The van der Waals surface area contributed by atoms with Gasteiger partial charge in [-0.15, -0.1) is 0 Å². The van der Waals surface area contributed by atoms with Crippen LogP contribution in [0, 0.1) is 6.92 Å². The fourth-order valence-corrected chi connectivity index (χ4v) is 1.76. The second-order valence-electron chi connectivity index (χ2n) is 4.32. The molecule has 0 saturated heterocycles. The third kappa shape index (κ3) is 3.34. The summed E-state index contributed by atoms with van der Waals surface area (Å²) in [6.07, 6.45) is 3.92. The molecule has 100 valence electrons. The average Bonchev–Trinajstić information content (AvgIpc) is 2.89. The third-order valence-electron chi connectivity index (χ3n) is 2.74. The lowest BCUT2D eigenvalue weighted by atomic mass is 10.1. The van der Waals surface area contributed by atoms with Crippen LogP contribution in [0.1, 0.15) is 29.3 Å². The highest BCUT2D eigenvalue weighted by molar-refractivity contribution is 6.05. The highest BCUT2D eigenvalue weighted by Gasteiger charge is 2.10. The number of aryl methyl sites for hydroxylation is 1. The Morgan fingerprint density at radius 1 is 1.37 bits per heavy atom. The summed E-state index contributed by atoms with van der Waals surface area (Å²) in [5, 5.41) is 9.56. The van der Waals surface area contributed by atoms with Gasteiger partial charge < -0.3 is 15.2 Å². The second-order valence-corrected chi connectivity index (χ2v) is 4.32. The Morgan fingerprint density at radius 3 is 2.84 bits per heavy atom. The maximum absolute atomic E-state index is 12.1. The Kier molecular flexibility index (Phi) is 4.18. The number of hydrogen-bond donors (Lipinski definition) is 2. The van der Waals surface area contributed by atoms with Crippen molar-refractivity contribution in [3.8, 4) is 0 Å². The van der Waals surface area contributed by atoms with Gasteiger partial charge in [-0.3, -0.25) is 4.79 Å². The first-order valence-electron chi connectivity index (χ1n) is 6.26. The zero-order valence-electron chi connectivity index (χ0n) is 11.1.